The molecule has 2 aliphatic heterocycles. The third kappa shape index (κ3) is 3.44. The summed E-state index contributed by atoms with van der Waals surface area (Å²) in [6.45, 7) is 0.697. The molecule has 0 radical (unpaired) electrons. The highest BCUT2D eigenvalue weighted by Gasteiger charge is 2.36. The van der Waals surface area contributed by atoms with Crippen molar-refractivity contribution in [3.8, 4) is 0 Å². The number of aromatic nitrogens is 2. The number of epoxide rings is 1. The molecule has 1 saturated heterocycles. The number of amides is 1. The molecule has 1 fully saturated rings. The molecule has 6 nitrogen and oxygen atoms in total. The Kier molecular flexibility index (Phi) is 4.22. The van der Waals surface area contributed by atoms with E-state index in [1.165, 1.54) is 5.56 Å². The molecular weight excluding hydrogens is 352 g/mol. The Hall–Kier alpha value is -2.96. The highest BCUT2D eigenvalue weighted by Crippen LogP contribution is 2.27. The first kappa shape index (κ1) is 17.2. The lowest BCUT2D eigenvalue weighted by molar-refractivity contribution is -0.115. The van der Waals surface area contributed by atoms with Crippen LogP contribution in [0.4, 0.5) is 5.69 Å². The number of imidazole rings is 1. The van der Waals surface area contributed by atoms with Gasteiger partial charge < -0.3 is 20.4 Å². The van der Waals surface area contributed by atoms with E-state index in [2.05, 4.69) is 34.1 Å². The lowest BCUT2D eigenvalue weighted by Crippen LogP contribution is -2.13. The Morgan fingerprint density at radius 2 is 2.00 bits per heavy atom. The summed E-state index contributed by atoms with van der Waals surface area (Å²) in [6, 6.07) is 16.5. The van der Waals surface area contributed by atoms with E-state index >= 15 is 0 Å². The van der Waals surface area contributed by atoms with Crippen LogP contribution < -0.4 is 11.1 Å². The van der Waals surface area contributed by atoms with Gasteiger partial charge in [-0.25, -0.2) is 4.98 Å². The number of rotatable bonds is 6. The Morgan fingerprint density at radius 3 is 2.79 bits per heavy atom. The maximum atomic E-state index is 11.6. The summed E-state index contributed by atoms with van der Waals surface area (Å²) in [5, 5.41) is 2.92. The maximum Gasteiger partial charge on any atom is 0.228 e. The van der Waals surface area contributed by atoms with Crippen LogP contribution in [0.25, 0.3) is 0 Å². The molecule has 0 saturated carbocycles. The van der Waals surface area contributed by atoms with Gasteiger partial charge in [0.2, 0.25) is 5.91 Å². The lowest BCUT2D eigenvalue weighted by atomic mass is 10.1. The van der Waals surface area contributed by atoms with E-state index < -0.39 is 0 Å². The molecule has 2 unspecified atom stereocenters. The van der Waals surface area contributed by atoms with Gasteiger partial charge in [-0.05, 0) is 22.8 Å². The number of ether oxygens (including phenoxy) is 1. The minimum atomic E-state index is -0.178. The second-order valence-electron chi connectivity index (χ2n) is 7.49. The molecule has 2 aromatic carbocycles. The van der Waals surface area contributed by atoms with Gasteiger partial charge in [-0.2, -0.15) is 0 Å². The summed E-state index contributed by atoms with van der Waals surface area (Å²) in [7, 11) is 0. The van der Waals surface area contributed by atoms with E-state index in [0.29, 0.717) is 13.0 Å². The number of hydrogen-bond acceptors (Lipinski definition) is 4. The molecule has 142 valence electrons. The molecule has 0 bridgehead atoms. The van der Waals surface area contributed by atoms with Crippen molar-refractivity contribution in [3.63, 3.8) is 0 Å². The van der Waals surface area contributed by atoms with E-state index in [1.807, 2.05) is 30.6 Å². The number of benzene rings is 2. The lowest BCUT2D eigenvalue weighted by Gasteiger charge is -2.11. The number of nitrogens with one attached hydrogen (secondary N) is 1. The molecule has 6 heteroatoms. The van der Waals surface area contributed by atoms with Gasteiger partial charge in [0.1, 0.15) is 12.3 Å². The predicted octanol–water partition coefficient (Wildman–Crippen LogP) is 2.24. The van der Waals surface area contributed by atoms with E-state index in [1.54, 1.807) is 0 Å². The highest BCUT2D eigenvalue weighted by molar-refractivity contribution is 5.99. The van der Waals surface area contributed by atoms with Crippen LogP contribution in [0, 0.1) is 0 Å². The van der Waals surface area contributed by atoms with E-state index in [4.69, 9.17) is 15.5 Å². The minimum Gasteiger partial charge on any atom is -0.353 e. The van der Waals surface area contributed by atoms with Crippen molar-refractivity contribution in [3.05, 3.63) is 82.9 Å². The molecule has 5 rings (SSSR count). The molecular formula is C22H22N4O2. The average Bonchev–Trinajstić information content (AvgIpc) is 3.07. The largest absolute Gasteiger partial charge is 0.353 e. The summed E-state index contributed by atoms with van der Waals surface area (Å²) < 4.78 is 7.63. The van der Waals surface area contributed by atoms with Crippen molar-refractivity contribution in [1.29, 1.82) is 0 Å². The van der Waals surface area contributed by atoms with Crippen LogP contribution in [-0.2, 0) is 35.3 Å². The second kappa shape index (κ2) is 6.89. The van der Waals surface area contributed by atoms with Gasteiger partial charge in [0.25, 0.3) is 0 Å². The highest BCUT2D eigenvalue weighted by atomic mass is 16.6. The summed E-state index contributed by atoms with van der Waals surface area (Å²) in [5.41, 5.74) is 12.4. The zero-order valence-corrected chi connectivity index (χ0v) is 15.5. The number of nitrogens with zero attached hydrogens (tertiary/aromatic N) is 2. The van der Waals surface area contributed by atoms with Crippen molar-refractivity contribution in [1.82, 2.24) is 9.55 Å². The number of fused-ring (bicyclic) bond motifs is 1. The normalized spacial score (nSPS) is 20.1. The van der Waals surface area contributed by atoms with Crippen molar-refractivity contribution in [2.45, 2.75) is 38.1 Å². The van der Waals surface area contributed by atoms with Gasteiger partial charge in [-0.3, -0.25) is 4.79 Å². The third-order valence-electron chi connectivity index (χ3n) is 5.42. The van der Waals surface area contributed by atoms with Gasteiger partial charge in [0, 0.05) is 30.8 Å². The van der Waals surface area contributed by atoms with E-state index in [0.717, 1.165) is 41.0 Å². The van der Waals surface area contributed by atoms with E-state index in [9.17, 15) is 4.79 Å². The van der Waals surface area contributed by atoms with Gasteiger partial charge in [0.05, 0.1) is 18.4 Å². The van der Waals surface area contributed by atoms with Gasteiger partial charge in [-0.1, -0.05) is 42.5 Å². The summed E-state index contributed by atoms with van der Waals surface area (Å²) in [5.74, 6) is 0.0560. The molecule has 3 N–H and O–H groups in total. The minimum absolute atomic E-state index is 0.0560. The molecule has 0 aliphatic carbocycles. The SMILES string of the molecule is NC1OC1Cc1c(Cc2ccccc2)ncn1Cc1ccc2c(c1)NC(=O)C2. The predicted molar refractivity (Wildman–Crippen MR) is 106 cm³/mol. The van der Waals surface area contributed by atoms with Crippen LogP contribution >= 0.6 is 0 Å². The molecule has 2 aliphatic rings. The summed E-state index contributed by atoms with van der Waals surface area (Å²) in [6.07, 6.45) is 3.78. The third-order valence-corrected chi connectivity index (χ3v) is 5.42. The molecule has 28 heavy (non-hydrogen) atoms. The Bertz CT molecular complexity index is 1030. The van der Waals surface area contributed by atoms with Crippen molar-refractivity contribution in [2.24, 2.45) is 5.73 Å². The number of hydrogen-bond donors (Lipinski definition) is 2. The monoisotopic (exact) mass is 374 g/mol. The van der Waals surface area contributed by atoms with Crippen molar-refractivity contribution in [2.75, 3.05) is 5.32 Å². The molecule has 0 spiro atoms. The van der Waals surface area contributed by atoms with Gasteiger partial charge >= 0.3 is 0 Å². The Labute approximate surface area is 163 Å². The van der Waals surface area contributed by atoms with Crippen LogP contribution in [0.3, 0.4) is 0 Å². The maximum absolute atomic E-state index is 11.6. The first-order valence-corrected chi connectivity index (χ1v) is 9.55. The first-order chi connectivity index (χ1) is 13.7. The Morgan fingerprint density at radius 1 is 1.18 bits per heavy atom. The first-order valence-electron chi connectivity index (χ1n) is 9.55. The van der Waals surface area contributed by atoms with Gasteiger partial charge in [-0.15, -0.1) is 0 Å². The topological polar surface area (TPSA) is 85.5 Å². The van der Waals surface area contributed by atoms with Crippen LogP contribution in [0.15, 0.2) is 54.9 Å². The zero-order valence-electron chi connectivity index (χ0n) is 15.5. The number of nitrogens with two attached hydrogens (primary N) is 1. The van der Waals surface area contributed by atoms with Crippen LogP contribution in [0.5, 0.6) is 0 Å². The molecule has 1 amide bonds. The number of anilines is 1. The smallest absolute Gasteiger partial charge is 0.228 e. The standard InChI is InChI=1S/C22H22N4O2/c23-22-20(28-22)11-19-18(8-14-4-2-1-3-5-14)24-13-26(19)12-15-6-7-16-10-21(27)25-17(16)9-15/h1-7,9,13,20,22H,8,10-12,23H2,(H,25,27). The fourth-order valence-corrected chi connectivity index (χ4v) is 3.83. The van der Waals surface area contributed by atoms with Crippen molar-refractivity contribution < 1.29 is 9.53 Å². The molecule has 2 atom stereocenters. The fourth-order valence-electron chi connectivity index (χ4n) is 3.83. The van der Waals surface area contributed by atoms with Crippen molar-refractivity contribution >= 4 is 11.6 Å². The van der Waals surface area contributed by atoms with Gasteiger partial charge in [0.15, 0.2) is 0 Å². The summed E-state index contributed by atoms with van der Waals surface area (Å²) in [4.78, 5) is 16.3. The number of carbonyl (C=O) groups excluding carboxylic acids is 1. The zero-order chi connectivity index (χ0) is 19.1. The number of carbonyl (C=O) groups is 1. The molecule has 1 aromatic heterocycles. The van der Waals surface area contributed by atoms with E-state index in [-0.39, 0.29) is 18.2 Å². The van der Waals surface area contributed by atoms with Crippen LogP contribution in [0.1, 0.15) is 28.1 Å². The van der Waals surface area contributed by atoms with Crippen LogP contribution in [-0.4, -0.2) is 27.8 Å². The molecule has 3 aromatic rings. The quantitative estimate of drug-likeness (QED) is 0.648. The van der Waals surface area contributed by atoms with Crippen LogP contribution in [0.2, 0.25) is 0 Å². The average molecular weight is 374 g/mol. The molecule has 3 heterocycles. The summed E-state index contributed by atoms with van der Waals surface area (Å²) >= 11 is 0. The fraction of sp³-hybridized carbons (Fsp3) is 0.273. The Balaban J connectivity index is 1.42. The second-order valence-corrected chi connectivity index (χ2v) is 7.49.